The highest BCUT2D eigenvalue weighted by Gasteiger charge is 2.31. The third-order valence-corrected chi connectivity index (χ3v) is 3.25. The highest BCUT2D eigenvalue weighted by atomic mass is 16.6. The summed E-state index contributed by atoms with van der Waals surface area (Å²) in [5.41, 5.74) is 0.532. The molecule has 1 atom stereocenters. The minimum absolute atomic E-state index is 0.185. The number of anilines is 1. The van der Waals surface area contributed by atoms with Gasteiger partial charge in [-0.15, -0.1) is 0 Å². The lowest BCUT2D eigenvalue weighted by Gasteiger charge is -2.28. The number of amides is 1. The van der Waals surface area contributed by atoms with Gasteiger partial charge in [0.15, 0.2) is 0 Å². The van der Waals surface area contributed by atoms with Crippen molar-refractivity contribution in [1.82, 2.24) is 14.7 Å². The fourth-order valence-electron chi connectivity index (χ4n) is 2.36. The van der Waals surface area contributed by atoms with E-state index in [2.05, 4.69) is 10.4 Å². The van der Waals surface area contributed by atoms with Crippen LogP contribution in [0.5, 0.6) is 0 Å². The maximum atomic E-state index is 12.1. The topological polar surface area (TPSA) is 59.4 Å². The zero-order valence-electron chi connectivity index (χ0n) is 12.7. The van der Waals surface area contributed by atoms with Crippen LogP contribution >= 0.6 is 0 Å². The van der Waals surface area contributed by atoms with Gasteiger partial charge in [-0.05, 0) is 33.6 Å². The molecule has 1 aromatic heterocycles. The quantitative estimate of drug-likeness (QED) is 0.922. The second-order valence-electron chi connectivity index (χ2n) is 6.25. The van der Waals surface area contributed by atoms with Crippen molar-refractivity contribution in [3.8, 4) is 0 Å². The van der Waals surface area contributed by atoms with E-state index in [0.717, 1.165) is 31.6 Å². The summed E-state index contributed by atoms with van der Waals surface area (Å²) in [7, 11) is 1.88. The van der Waals surface area contributed by atoms with Crippen molar-refractivity contribution in [2.75, 3.05) is 18.4 Å². The molecule has 6 heteroatoms. The highest BCUT2D eigenvalue weighted by molar-refractivity contribution is 5.69. The molecule has 1 fully saturated rings. The van der Waals surface area contributed by atoms with Gasteiger partial charge in [-0.2, -0.15) is 5.10 Å². The molecule has 0 bridgehead atoms. The van der Waals surface area contributed by atoms with Crippen LogP contribution in [0.1, 0.15) is 33.6 Å². The molecule has 1 N–H and O–H groups in total. The van der Waals surface area contributed by atoms with Crippen LogP contribution in [0.15, 0.2) is 12.4 Å². The number of hydrogen-bond donors (Lipinski definition) is 1. The Bertz CT molecular complexity index is 464. The van der Waals surface area contributed by atoms with Crippen LogP contribution in [0.2, 0.25) is 0 Å². The van der Waals surface area contributed by atoms with Gasteiger partial charge in [0, 0.05) is 26.3 Å². The lowest BCUT2D eigenvalue weighted by molar-refractivity contribution is 0.0235. The number of ether oxygens (including phenoxy) is 1. The molecule has 0 radical (unpaired) electrons. The summed E-state index contributed by atoms with van der Waals surface area (Å²) < 4.78 is 7.20. The predicted molar refractivity (Wildman–Crippen MR) is 77.7 cm³/mol. The van der Waals surface area contributed by atoms with E-state index < -0.39 is 5.60 Å². The molecule has 2 heterocycles. The Morgan fingerprint density at radius 2 is 2.30 bits per heavy atom. The van der Waals surface area contributed by atoms with Gasteiger partial charge in [0.25, 0.3) is 0 Å². The van der Waals surface area contributed by atoms with E-state index in [0.29, 0.717) is 0 Å². The number of carbonyl (C=O) groups excluding carboxylic acids is 1. The summed E-state index contributed by atoms with van der Waals surface area (Å²) in [5, 5.41) is 7.44. The van der Waals surface area contributed by atoms with Crippen molar-refractivity contribution in [2.24, 2.45) is 7.05 Å². The molecule has 0 spiro atoms. The molecule has 1 aliphatic rings. The number of aromatic nitrogens is 2. The number of likely N-dealkylation sites (tertiary alicyclic amines) is 1. The minimum atomic E-state index is -0.443. The van der Waals surface area contributed by atoms with Gasteiger partial charge in [0.1, 0.15) is 5.60 Å². The third-order valence-electron chi connectivity index (χ3n) is 3.25. The molecule has 0 aliphatic carbocycles. The van der Waals surface area contributed by atoms with Crippen molar-refractivity contribution in [3.63, 3.8) is 0 Å². The Balaban J connectivity index is 1.88. The van der Waals surface area contributed by atoms with E-state index in [4.69, 9.17) is 4.74 Å². The lowest BCUT2D eigenvalue weighted by atomic mass is 10.2. The minimum Gasteiger partial charge on any atom is -0.444 e. The van der Waals surface area contributed by atoms with E-state index in [1.165, 1.54) is 0 Å². The first-order chi connectivity index (χ1) is 9.35. The molecule has 0 unspecified atom stereocenters. The Hall–Kier alpha value is -1.72. The van der Waals surface area contributed by atoms with Crippen LogP contribution in [0.25, 0.3) is 0 Å². The van der Waals surface area contributed by atoms with Crippen molar-refractivity contribution < 1.29 is 9.53 Å². The zero-order chi connectivity index (χ0) is 14.8. The average molecular weight is 280 g/mol. The summed E-state index contributed by atoms with van der Waals surface area (Å²) >= 11 is 0. The first-order valence-electron chi connectivity index (χ1n) is 7.07. The van der Waals surface area contributed by atoms with E-state index in [1.807, 2.05) is 38.9 Å². The largest absolute Gasteiger partial charge is 0.444 e. The smallest absolute Gasteiger partial charge is 0.410 e. The van der Waals surface area contributed by atoms with Gasteiger partial charge in [-0.1, -0.05) is 0 Å². The van der Waals surface area contributed by atoms with Crippen molar-refractivity contribution in [1.29, 1.82) is 0 Å². The van der Waals surface area contributed by atoms with E-state index >= 15 is 0 Å². The predicted octanol–water partition coefficient (Wildman–Crippen LogP) is 2.23. The highest BCUT2D eigenvalue weighted by Crippen LogP contribution is 2.21. The zero-order valence-corrected chi connectivity index (χ0v) is 12.7. The summed E-state index contributed by atoms with van der Waals surface area (Å²) in [6.07, 6.45) is 5.53. The molecule has 6 nitrogen and oxygen atoms in total. The van der Waals surface area contributed by atoms with Crippen LogP contribution in [-0.2, 0) is 11.8 Å². The van der Waals surface area contributed by atoms with Gasteiger partial charge < -0.3 is 15.0 Å². The lowest BCUT2D eigenvalue weighted by Crippen LogP contribution is -2.42. The molecule has 20 heavy (non-hydrogen) atoms. The first-order valence-corrected chi connectivity index (χ1v) is 7.07. The fraction of sp³-hybridized carbons (Fsp3) is 0.714. The van der Waals surface area contributed by atoms with Crippen LogP contribution in [0, 0.1) is 0 Å². The summed E-state index contributed by atoms with van der Waals surface area (Å²) in [4.78, 5) is 14.0. The first kappa shape index (κ1) is 14.7. The molecule has 1 aromatic rings. The third kappa shape index (κ3) is 3.88. The Kier molecular flexibility index (Phi) is 4.20. The molecule has 1 amide bonds. The second-order valence-corrected chi connectivity index (χ2v) is 6.25. The number of hydrogen-bond acceptors (Lipinski definition) is 4. The molecule has 2 rings (SSSR count). The van der Waals surface area contributed by atoms with E-state index in [-0.39, 0.29) is 12.1 Å². The summed E-state index contributed by atoms with van der Waals surface area (Å²) in [6.45, 7) is 7.18. The maximum absolute atomic E-state index is 12.1. The molecular formula is C14H24N4O2. The van der Waals surface area contributed by atoms with Crippen molar-refractivity contribution in [3.05, 3.63) is 12.4 Å². The average Bonchev–Trinajstić information content (AvgIpc) is 2.92. The monoisotopic (exact) mass is 280 g/mol. The molecule has 112 valence electrons. The summed E-state index contributed by atoms with van der Waals surface area (Å²) in [5.74, 6) is 0. The van der Waals surface area contributed by atoms with Crippen LogP contribution in [-0.4, -0.2) is 45.5 Å². The SMILES string of the molecule is Cn1cc(NC[C@H]2CCCN2C(=O)OC(C)(C)C)cn1. The molecular weight excluding hydrogens is 256 g/mol. The van der Waals surface area contributed by atoms with Gasteiger partial charge in [-0.25, -0.2) is 4.79 Å². The standard InChI is InChI=1S/C14H24N4O2/c1-14(2,3)20-13(19)18-7-5-6-12(18)9-15-11-8-16-17(4)10-11/h8,10,12,15H,5-7,9H2,1-4H3/t12-/m1/s1. The molecule has 0 saturated carbocycles. The van der Waals surface area contributed by atoms with Gasteiger partial charge in [0.2, 0.25) is 0 Å². The number of aryl methyl sites for hydroxylation is 1. The number of carbonyl (C=O) groups is 1. The molecule has 0 aromatic carbocycles. The Morgan fingerprint density at radius 3 is 2.90 bits per heavy atom. The van der Waals surface area contributed by atoms with Crippen LogP contribution in [0.4, 0.5) is 10.5 Å². The maximum Gasteiger partial charge on any atom is 0.410 e. The van der Waals surface area contributed by atoms with Crippen molar-refractivity contribution in [2.45, 2.75) is 45.3 Å². The second kappa shape index (κ2) is 5.73. The number of rotatable bonds is 3. The van der Waals surface area contributed by atoms with Gasteiger partial charge in [-0.3, -0.25) is 4.68 Å². The van der Waals surface area contributed by atoms with Crippen LogP contribution < -0.4 is 5.32 Å². The number of nitrogens with zero attached hydrogens (tertiary/aromatic N) is 3. The molecule has 1 saturated heterocycles. The van der Waals surface area contributed by atoms with E-state index in [1.54, 1.807) is 10.9 Å². The van der Waals surface area contributed by atoms with Gasteiger partial charge >= 0.3 is 6.09 Å². The Morgan fingerprint density at radius 1 is 1.55 bits per heavy atom. The van der Waals surface area contributed by atoms with E-state index in [9.17, 15) is 4.79 Å². The molecule has 1 aliphatic heterocycles. The van der Waals surface area contributed by atoms with Crippen molar-refractivity contribution >= 4 is 11.8 Å². The fourth-order valence-corrected chi connectivity index (χ4v) is 2.36. The van der Waals surface area contributed by atoms with Gasteiger partial charge in [0.05, 0.1) is 17.9 Å². The number of nitrogens with one attached hydrogen (secondary N) is 1. The van der Waals surface area contributed by atoms with Crippen LogP contribution in [0.3, 0.4) is 0 Å². The Labute approximate surface area is 120 Å². The summed E-state index contributed by atoms with van der Waals surface area (Å²) in [6, 6.07) is 0.185. The normalized spacial score (nSPS) is 19.2.